The third kappa shape index (κ3) is 3.50. The Morgan fingerprint density at radius 3 is 2.65 bits per heavy atom. The van der Waals surface area contributed by atoms with Gasteiger partial charge in [0.1, 0.15) is 5.56 Å². The molecule has 0 aliphatic rings. The summed E-state index contributed by atoms with van der Waals surface area (Å²) in [6.45, 7) is 1.40. The van der Waals surface area contributed by atoms with Gasteiger partial charge in [0, 0.05) is 11.6 Å². The van der Waals surface area contributed by atoms with Crippen molar-refractivity contribution < 1.29 is 35.3 Å². The van der Waals surface area contributed by atoms with E-state index in [1.54, 1.807) is 0 Å². The Morgan fingerprint density at radius 2 is 2.04 bits per heavy atom. The molecule has 0 saturated heterocycles. The molecule has 11 heteroatoms. The molecule has 0 aliphatic carbocycles. The largest absolute Gasteiger partial charge is 0.534 e. The number of hydrogen-bond acceptors (Lipinski definition) is 7. The van der Waals surface area contributed by atoms with E-state index in [0.717, 1.165) is 6.07 Å². The molecule has 0 atom stereocenters. The summed E-state index contributed by atoms with van der Waals surface area (Å²) in [7, 11) is -5.99. The molecule has 0 N–H and O–H groups in total. The molecule has 23 heavy (non-hydrogen) atoms. The van der Waals surface area contributed by atoms with Gasteiger partial charge in [-0.15, -0.1) is 0 Å². The molecule has 0 bridgehead atoms. The fourth-order valence-electron chi connectivity index (χ4n) is 1.56. The Labute approximate surface area is 128 Å². The van der Waals surface area contributed by atoms with Crippen LogP contribution in [0.2, 0.25) is 0 Å². The lowest BCUT2D eigenvalue weighted by Crippen LogP contribution is -2.29. The minimum atomic E-state index is -5.99. The van der Waals surface area contributed by atoms with Crippen molar-refractivity contribution in [2.45, 2.75) is 12.4 Å². The molecule has 0 fully saturated rings. The zero-order valence-electron chi connectivity index (χ0n) is 11.5. The molecule has 2 rings (SSSR count). The first-order chi connectivity index (χ1) is 10.7. The molecular weight excluding hydrogens is 341 g/mol. The van der Waals surface area contributed by atoms with Crippen LogP contribution in [0.25, 0.3) is 11.0 Å². The molecular formula is C12H9F3N2O5S. The first-order valence-electron chi connectivity index (χ1n) is 6.09. The van der Waals surface area contributed by atoms with E-state index >= 15 is 0 Å². The van der Waals surface area contributed by atoms with Crippen LogP contribution in [0.1, 0.15) is 17.3 Å². The first kappa shape index (κ1) is 16.9. The predicted octanol–water partition coefficient (Wildman–Crippen LogP) is 2.03. The van der Waals surface area contributed by atoms with Crippen LogP contribution in [0.4, 0.5) is 13.2 Å². The van der Waals surface area contributed by atoms with Gasteiger partial charge in [-0.3, -0.25) is 0 Å². The van der Waals surface area contributed by atoms with Crippen LogP contribution in [-0.2, 0) is 14.9 Å². The normalized spacial score (nSPS) is 12.2. The SMILES string of the molecule is CCOC(=O)c1cc2cccnc2nc1OS(=O)(=O)C(F)(F)F. The number of esters is 1. The van der Waals surface area contributed by atoms with Gasteiger partial charge in [0.2, 0.25) is 5.88 Å². The summed E-state index contributed by atoms with van der Waals surface area (Å²) in [5.41, 5.74) is -6.31. The monoisotopic (exact) mass is 350 g/mol. The van der Waals surface area contributed by atoms with E-state index in [1.807, 2.05) is 0 Å². The summed E-state index contributed by atoms with van der Waals surface area (Å²) in [5.74, 6) is -2.12. The second-order valence-corrected chi connectivity index (χ2v) is 5.63. The number of aromatic nitrogens is 2. The number of hydrogen-bond donors (Lipinski definition) is 0. The molecule has 0 aromatic carbocycles. The molecule has 7 nitrogen and oxygen atoms in total. The zero-order chi connectivity index (χ0) is 17.3. The smallest absolute Gasteiger partial charge is 0.462 e. The molecule has 0 saturated carbocycles. The number of rotatable bonds is 4. The summed E-state index contributed by atoms with van der Waals surface area (Å²) < 4.78 is 68.2. The summed E-state index contributed by atoms with van der Waals surface area (Å²) in [6.07, 6.45) is 1.29. The lowest BCUT2D eigenvalue weighted by molar-refractivity contribution is -0.0501. The minimum Gasteiger partial charge on any atom is -0.462 e. The molecule has 0 amide bonds. The predicted molar refractivity (Wildman–Crippen MR) is 71.1 cm³/mol. The summed E-state index contributed by atoms with van der Waals surface area (Å²) in [4.78, 5) is 19.1. The third-order valence-electron chi connectivity index (χ3n) is 2.52. The van der Waals surface area contributed by atoms with Crippen LogP contribution >= 0.6 is 0 Å². The topological polar surface area (TPSA) is 95.4 Å². The molecule has 2 aromatic rings. The van der Waals surface area contributed by atoms with Crippen LogP contribution in [-0.4, -0.2) is 36.5 Å². The van der Waals surface area contributed by atoms with Gasteiger partial charge >= 0.3 is 21.6 Å². The van der Waals surface area contributed by atoms with E-state index in [4.69, 9.17) is 0 Å². The van der Waals surface area contributed by atoms with Crippen molar-refractivity contribution in [3.05, 3.63) is 30.0 Å². The van der Waals surface area contributed by atoms with Crippen molar-refractivity contribution in [3.8, 4) is 5.88 Å². The summed E-state index contributed by atoms with van der Waals surface area (Å²) in [5, 5.41) is 0.298. The molecule has 0 radical (unpaired) electrons. The standard InChI is InChI=1S/C12H9F3N2O5S/c1-2-21-11(18)8-6-7-4-3-5-16-9(7)17-10(8)22-23(19,20)12(13,14)15/h3-6H,2H2,1H3. The van der Waals surface area contributed by atoms with E-state index < -0.39 is 33.0 Å². The van der Waals surface area contributed by atoms with Gasteiger partial charge in [-0.2, -0.15) is 26.6 Å². The van der Waals surface area contributed by atoms with E-state index in [2.05, 4.69) is 18.9 Å². The highest BCUT2D eigenvalue weighted by Gasteiger charge is 2.49. The van der Waals surface area contributed by atoms with Gasteiger partial charge in [-0.1, -0.05) is 0 Å². The fraction of sp³-hybridized carbons (Fsp3) is 0.250. The Morgan fingerprint density at radius 1 is 1.35 bits per heavy atom. The molecule has 0 aliphatic heterocycles. The first-order valence-corrected chi connectivity index (χ1v) is 7.50. The minimum absolute atomic E-state index is 0.0740. The van der Waals surface area contributed by atoms with Gasteiger partial charge in [-0.25, -0.2) is 9.78 Å². The van der Waals surface area contributed by atoms with E-state index in [0.29, 0.717) is 5.39 Å². The Balaban J connectivity index is 2.60. The maximum absolute atomic E-state index is 12.4. The van der Waals surface area contributed by atoms with Crippen molar-refractivity contribution >= 4 is 27.1 Å². The van der Waals surface area contributed by atoms with Gasteiger partial charge in [0.25, 0.3) is 0 Å². The van der Waals surface area contributed by atoms with Crippen LogP contribution in [0, 0.1) is 0 Å². The second kappa shape index (κ2) is 5.99. The molecule has 0 spiro atoms. The van der Waals surface area contributed by atoms with Crippen molar-refractivity contribution in [2.24, 2.45) is 0 Å². The van der Waals surface area contributed by atoms with Gasteiger partial charge in [0.05, 0.1) is 6.61 Å². The lowest BCUT2D eigenvalue weighted by atomic mass is 10.2. The maximum atomic E-state index is 12.4. The van der Waals surface area contributed by atoms with E-state index in [-0.39, 0.29) is 12.3 Å². The molecule has 124 valence electrons. The highest BCUT2D eigenvalue weighted by atomic mass is 32.2. The molecule has 0 unspecified atom stereocenters. The zero-order valence-corrected chi connectivity index (χ0v) is 12.3. The number of carbonyl (C=O) groups excluding carboxylic acids is 1. The number of halogens is 3. The van der Waals surface area contributed by atoms with Crippen LogP contribution in [0.3, 0.4) is 0 Å². The van der Waals surface area contributed by atoms with Crippen molar-refractivity contribution in [3.63, 3.8) is 0 Å². The fourth-order valence-corrected chi connectivity index (χ4v) is 1.99. The Bertz CT molecular complexity index is 851. The van der Waals surface area contributed by atoms with E-state index in [1.165, 1.54) is 25.3 Å². The highest BCUT2D eigenvalue weighted by Crippen LogP contribution is 2.29. The average Bonchev–Trinajstić information content (AvgIpc) is 2.45. The molecule has 2 aromatic heterocycles. The number of alkyl halides is 3. The van der Waals surface area contributed by atoms with Crippen molar-refractivity contribution in [1.82, 2.24) is 9.97 Å². The third-order valence-corrected chi connectivity index (χ3v) is 3.47. The number of ether oxygens (including phenoxy) is 1. The van der Waals surface area contributed by atoms with Gasteiger partial charge < -0.3 is 8.92 Å². The number of nitrogens with zero attached hydrogens (tertiary/aromatic N) is 2. The summed E-state index contributed by atoms with van der Waals surface area (Å²) >= 11 is 0. The van der Waals surface area contributed by atoms with Crippen LogP contribution in [0.5, 0.6) is 5.88 Å². The van der Waals surface area contributed by atoms with E-state index in [9.17, 15) is 26.4 Å². The van der Waals surface area contributed by atoms with Crippen molar-refractivity contribution in [1.29, 1.82) is 0 Å². The molecule has 2 heterocycles. The van der Waals surface area contributed by atoms with Crippen LogP contribution < -0.4 is 4.18 Å². The average molecular weight is 350 g/mol. The number of fused-ring (bicyclic) bond motifs is 1. The van der Waals surface area contributed by atoms with Gasteiger partial charge in [-0.05, 0) is 25.1 Å². The lowest BCUT2D eigenvalue weighted by Gasteiger charge is -2.12. The maximum Gasteiger partial charge on any atom is 0.534 e. The Kier molecular flexibility index (Phi) is 4.41. The highest BCUT2D eigenvalue weighted by molar-refractivity contribution is 7.88. The quantitative estimate of drug-likeness (QED) is 0.473. The number of pyridine rings is 2. The van der Waals surface area contributed by atoms with Crippen molar-refractivity contribution in [2.75, 3.05) is 6.61 Å². The second-order valence-electron chi connectivity index (χ2n) is 4.09. The summed E-state index contributed by atoms with van der Waals surface area (Å²) in [6, 6.07) is 4.08. The number of carbonyl (C=O) groups is 1. The van der Waals surface area contributed by atoms with Crippen LogP contribution in [0.15, 0.2) is 24.4 Å². The Hall–Kier alpha value is -2.43. The van der Waals surface area contributed by atoms with Gasteiger partial charge in [0.15, 0.2) is 5.65 Å².